The Kier molecular flexibility index (Phi) is 4.72. The molecule has 0 saturated heterocycles. The zero-order valence-corrected chi connectivity index (χ0v) is 11.9. The molecule has 20 heavy (non-hydrogen) atoms. The van der Waals surface area contributed by atoms with Gasteiger partial charge in [0.1, 0.15) is 11.5 Å². The molecular formula is C15H16NO3P. The summed E-state index contributed by atoms with van der Waals surface area (Å²) >= 11 is 0. The minimum atomic E-state index is -0.380. The highest BCUT2D eigenvalue weighted by molar-refractivity contribution is 7.13. The lowest BCUT2D eigenvalue weighted by Crippen LogP contribution is -2.32. The van der Waals surface area contributed by atoms with Crippen LogP contribution in [-0.2, 0) is 6.42 Å². The number of ketones is 1. The van der Waals surface area contributed by atoms with Crippen LogP contribution in [0, 0.1) is 0 Å². The number of phenolic OH excluding ortho intramolecular Hbond substituents is 2. The molecule has 0 aliphatic rings. The largest absolute Gasteiger partial charge is 0.508 e. The van der Waals surface area contributed by atoms with Crippen LogP contribution in [0.4, 0.5) is 0 Å². The number of aromatic hydroxyl groups is 2. The highest BCUT2D eigenvalue weighted by atomic mass is 31.0. The topological polar surface area (TPSA) is 69.6 Å². The second-order valence-corrected chi connectivity index (χ2v) is 4.83. The minimum Gasteiger partial charge on any atom is -0.508 e. The first-order valence-corrected chi connectivity index (χ1v) is 6.75. The van der Waals surface area contributed by atoms with Gasteiger partial charge in [-0.25, -0.2) is 0 Å². The van der Waals surface area contributed by atoms with E-state index < -0.39 is 0 Å². The summed E-state index contributed by atoms with van der Waals surface area (Å²) in [4.78, 5) is 12.4. The Morgan fingerprint density at radius 3 is 2.00 bits per heavy atom. The normalized spacial score (nSPS) is 12.1. The molecule has 2 rings (SSSR count). The zero-order valence-electron chi connectivity index (χ0n) is 10.8. The summed E-state index contributed by atoms with van der Waals surface area (Å²) in [6, 6.07) is 12.6. The fourth-order valence-corrected chi connectivity index (χ4v) is 2.19. The Labute approximate surface area is 119 Å². The zero-order chi connectivity index (χ0) is 14.5. The van der Waals surface area contributed by atoms with Crippen molar-refractivity contribution in [1.29, 1.82) is 0 Å². The third-order valence-corrected chi connectivity index (χ3v) is 3.45. The Morgan fingerprint density at radius 2 is 1.50 bits per heavy atom. The summed E-state index contributed by atoms with van der Waals surface area (Å²) in [7, 11) is 2.36. The molecule has 2 atom stereocenters. The van der Waals surface area contributed by atoms with Gasteiger partial charge in [0.25, 0.3) is 0 Å². The molecule has 0 fully saturated rings. The molecule has 104 valence electrons. The number of Topliss-reactive ketones (excluding diaryl/α,β-unsaturated/α-hetero) is 1. The van der Waals surface area contributed by atoms with E-state index in [1.54, 1.807) is 36.4 Å². The second-order valence-electron chi connectivity index (χ2n) is 4.50. The van der Waals surface area contributed by atoms with Gasteiger partial charge < -0.3 is 10.2 Å². The third-order valence-electron chi connectivity index (χ3n) is 3.05. The number of hydrogen-bond acceptors (Lipinski definition) is 4. The van der Waals surface area contributed by atoms with Crippen molar-refractivity contribution in [2.24, 2.45) is 0 Å². The standard InChI is InChI=1S/C15H16NO3P/c17-12-5-1-10(2-6-12)9-14(16-20)15(19)11-3-7-13(18)8-4-11/h1-8,14,16-18H,9,20H2/t14-/m0/s1. The van der Waals surface area contributed by atoms with Crippen LogP contribution >= 0.6 is 9.39 Å². The SMILES string of the molecule is O=C(c1ccc(O)cc1)[C@H](Cc1ccc(O)cc1)NP. The smallest absolute Gasteiger partial charge is 0.180 e. The molecule has 2 aromatic carbocycles. The lowest BCUT2D eigenvalue weighted by molar-refractivity contribution is 0.0955. The van der Waals surface area contributed by atoms with Crippen molar-refractivity contribution in [2.45, 2.75) is 12.5 Å². The van der Waals surface area contributed by atoms with Crippen LogP contribution in [0.5, 0.6) is 11.5 Å². The summed E-state index contributed by atoms with van der Waals surface area (Å²) in [5.41, 5.74) is 1.50. The summed E-state index contributed by atoms with van der Waals surface area (Å²) in [5.74, 6) is 0.289. The van der Waals surface area contributed by atoms with Crippen molar-refractivity contribution < 1.29 is 15.0 Å². The number of carbonyl (C=O) groups is 1. The van der Waals surface area contributed by atoms with E-state index in [9.17, 15) is 15.0 Å². The fraction of sp³-hybridized carbons (Fsp3) is 0.133. The van der Waals surface area contributed by atoms with Crippen LogP contribution < -0.4 is 5.09 Å². The molecule has 0 aliphatic heterocycles. The summed E-state index contributed by atoms with van der Waals surface area (Å²) in [5, 5.41) is 21.4. The lowest BCUT2D eigenvalue weighted by atomic mass is 9.98. The number of phenols is 2. The summed E-state index contributed by atoms with van der Waals surface area (Å²) in [6.07, 6.45) is 0.517. The predicted molar refractivity (Wildman–Crippen MR) is 80.9 cm³/mol. The highest BCUT2D eigenvalue weighted by Crippen LogP contribution is 2.16. The molecule has 0 amide bonds. The van der Waals surface area contributed by atoms with Gasteiger partial charge in [0.15, 0.2) is 5.78 Å². The monoisotopic (exact) mass is 289 g/mol. The van der Waals surface area contributed by atoms with Gasteiger partial charge >= 0.3 is 0 Å². The molecule has 0 bridgehead atoms. The molecule has 0 spiro atoms. The van der Waals surface area contributed by atoms with Gasteiger partial charge in [-0.05, 0) is 48.4 Å². The Balaban J connectivity index is 2.13. The highest BCUT2D eigenvalue weighted by Gasteiger charge is 2.18. The van der Waals surface area contributed by atoms with Crippen molar-refractivity contribution in [2.75, 3.05) is 0 Å². The molecule has 0 aromatic heterocycles. The fourth-order valence-electron chi connectivity index (χ4n) is 1.92. The molecule has 0 aliphatic carbocycles. The molecule has 4 nitrogen and oxygen atoms in total. The van der Waals surface area contributed by atoms with Gasteiger partial charge in [0.2, 0.25) is 0 Å². The molecule has 0 heterocycles. The van der Waals surface area contributed by atoms with E-state index in [0.29, 0.717) is 12.0 Å². The molecule has 0 radical (unpaired) electrons. The van der Waals surface area contributed by atoms with E-state index in [4.69, 9.17) is 0 Å². The second kappa shape index (κ2) is 6.51. The van der Waals surface area contributed by atoms with Gasteiger partial charge in [-0.2, -0.15) is 0 Å². The Hall–Kier alpha value is -1.90. The lowest BCUT2D eigenvalue weighted by Gasteiger charge is -2.15. The average Bonchev–Trinajstić information content (AvgIpc) is 2.47. The molecule has 2 aromatic rings. The van der Waals surface area contributed by atoms with E-state index in [0.717, 1.165) is 5.56 Å². The van der Waals surface area contributed by atoms with Gasteiger partial charge in [0.05, 0.1) is 6.04 Å². The minimum absolute atomic E-state index is 0.0481. The summed E-state index contributed by atoms with van der Waals surface area (Å²) < 4.78 is 0. The van der Waals surface area contributed by atoms with E-state index in [2.05, 4.69) is 14.5 Å². The van der Waals surface area contributed by atoms with E-state index in [-0.39, 0.29) is 23.3 Å². The van der Waals surface area contributed by atoms with E-state index in [1.807, 2.05) is 0 Å². The Morgan fingerprint density at radius 1 is 1.00 bits per heavy atom. The molecule has 1 unspecified atom stereocenters. The molecule has 0 saturated carbocycles. The van der Waals surface area contributed by atoms with Crippen LogP contribution in [0.3, 0.4) is 0 Å². The maximum Gasteiger partial charge on any atom is 0.180 e. The number of nitrogens with one attached hydrogen (secondary N) is 1. The Bertz CT molecular complexity index is 581. The van der Waals surface area contributed by atoms with Crippen molar-refractivity contribution >= 4 is 15.2 Å². The van der Waals surface area contributed by atoms with Crippen molar-refractivity contribution in [3.8, 4) is 11.5 Å². The first-order chi connectivity index (χ1) is 9.60. The van der Waals surface area contributed by atoms with Gasteiger partial charge in [-0.1, -0.05) is 21.5 Å². The van der Waals surface area contributed by atoms with Crippen molar-refractivity contribution in [1.82, 2.24) is 5.09 Å². The van der Waals surface area contributed by atoms with Crippen molar-refractivity contribution in [3.05, 3.63) is 59.7 Å². The number of carbonyl (C=O) groups excluding carboxylic acids is 1. The van der Waals surface area contributed by atoms with E-state index in [1.165, 1.54) is 12.1 Å². The van der Waals surface area contributed by atoms with Crippen LogP contribution in [0.2, 0.25) is 0 Å². The van der Waals surface area contributed by atoms with Crippen LogP contribution in [0.15, 0.2) is 48.5 Å². The maximum atomic E-state index is 12.4. The maximum absolute atomic E-state index is 12.4. The van der Waals surface area contributed by atoms with Gasteiger partial charge in [-0.15, -0.1) is 0 Å². The number of rotatable bonds is 5. The molecule has 3 N–H and O–H groups in total. The quantitative estimate of drug-likeness (QED) is 0.583. The molecule has 5 heteroatoms. The number of benzene rings is 2. The first kappa shape index (κ1) is 14.5. The summed E-state index contributed by atoms with van der Waals surface area (Å²) in [6.45, 7) is 0. The van der Waals surface area contributed by atoms with Gasteiger partial charge in [0, 0.05) is 5.56 Å². The average molecular weight is 289 g/mol. The number of hydrogen-bond donors (Lipinski definition) is 3. The van der Waals surface area contributed by atoms with Crippen LogP contribution in [0.25, 0.3) is 0 Å². The van der Waals surface area contributed by atoms with Crippen molar-refractivity contribution in [3.63, 3.8) is 0 Å². The first-order valence-electron chi connectivity index (χ1n) is 6.17. The predicted octanol–water partition coefficient (Wildman–Crippen LogP) is 2.27. The van der Waals surface area contributed by atoms with Gasteiger partial charge in [-0.3, -0.25) is 9.88 Å². The third kappa shape index (κ3) is 3.56. The van der Waals surface area contributed by atoms with Crippen LogP contribution in [0.1, 0.15) is 15.9 Å². The molecular weight excluding hydrogens is 273 g/mol. The van der Waals surface area contributed by atoms with E-state index >= 15 is 0 Å². The van der Waals surface area contributed by atoms with Crippen LogP contribution in [-0.4, -0.2) is 22.0 Å².